The van der Waals surface area contributed by atoms with E-state index in [0.29, 0.717) is 24.5 Å². The second kappa shape index (κ2) is 5.58. The summed E-state index contributed by atoms with van der Waals surface area (Å²) >= 11 is 3.42. The zero-order valence-electron chi connectivity index (χ0n) is 9.94. The highest BCUT2D eigenvalue weighted by molar-refractivity contribution is 9.10. The maximum atomic E-state index is 11.5. The monoisotopic (exact) mass is 315 g/mol. The van der Waals surface area contributed by atoms with Crippen LogP contribution in [0, 0.1) is 0 Å². The molecule has 1 aliphatic heterocycles. The molecule has 1 aliphatic rings. The van der Waals surface area contributed by atoms with E-state index in [9.17, 15) is 4.79 Å². The van der Waals surface area contributed by atoms with Crippen molar-refractivity contribution in [1.82, 2.24) is 0 Å². The topological polar surface area (TPSA) is 70.8 Å². The molecule has 0 saturated carbocycles. The predicted molar refractivity (Wildman–Crippen MR) is 68.6 cm³/mol. The van der Waals surface area contributed by atoms with E-state index in [1.807, 2.05) is 12.1 Å². The van der Waals surface area contributed by atoms with Crippen molar-refractivity contribution in [1.29, 1.82) is 0 Å². The zero-order valence-corrected chi connectivity index (χ0v) is 11.5. The third kappa shape index (κ3) is 2.76. The number of benzene rings is 1. The normalized spacial score (nSPS) is 14.4. The molecule has 1 aromatic carbocycles. The van der Waals surface area contributed by atoms with E-state index in [-0.39, 0.29) is 6.79 Å². The van der Waals surface area contributed by atoms with E-state index in [1.54, 1.807) is 6.92 Å². The molecule has 18 heavy (non-hydrogen) atoms. The molecule has 0 fully saturated rings. The Morgan fingerprint density at radius 3 is 2.83 bits per heavy atom. The predicted octanol–water partition coefficient (Wildman–Crippen LogP) is 1.61. The van der Waals surface area contributed by atoms with Crippen molar-refractivity contribution in [3.8, 4) is 11.5 Å². The number of fused-ring (bicyclic) bond motifs is 1. The van der Waals surface area contributed by atoms with Gasteiger partial charge in [0.05, 0.1) is 6.61 Å². The van der Waals surface area contributed by atoms with Crippen LogP contribution in [0.4, 0.5) is 0 Å². The summed E-state index contributed by atoms with van der Waals surface area (Å²) in [4.78, 5) is 11.5. The Morgan fingerprint density at radius 1 is 1.50 bits per heavy atom. The Labute approximate surface area is 113 Å². The summed E-state index contributed by atoms with van der Waals surface area (Å²) in [5.74, 6) is 0.960. The molecule has 6 heteroatoms. The highest BCUT2D eigenvalue weighted by atomic mass is 79.9. The fourth-order valence-electron chi connectivity index (χ4n) is 1.69. The van der Waals surface area contributed by atoms with Gasteiger partial charge in [-0.25, -0.2) is 0 Å². The summed E-state index contributed by atoms with van der Waals surface area (Å²) < 4.78 is 16.2. The molecule has 0 aliphatic carbocycles. The van der Waals surface area contributed by atoms with Crippen LogP contribution < -0.4 is 15.2 Å². The summed E-state index contributed by atoms with van der Waals surface area (Å²) in [6, 6.07) is 2.96. The third-order valence-electron chi connectivity index (χ3n) is 2.57. The molecular weight excluding hydrogens is 302 g/mol. The molecule has 1 aromatic rings. The van der Waals surface area contributed by atoms with E-state index in [0.717, 1.165) is 10.0 Å². The zero-order chi connectivity index (χ0) is 13.1. The quantitative estimate of drug-likeness (QED) is 0.855. The Bertz CT molecular complexity index is 464. The van der Waals surface area contributed by atoms with Gasteiger partial charge in [-0.05, 0) is 31.0 Å². The van der Waals surface area contributed by atoms with Gasteiger partial charge in [-0.2, -0.15) is 0 Å². The first-order chi connectivity index (χ1) is 8.61. The molecular formula is C12H14BrNO4. The largest absolute Gasteiger partial charge is 0.465 e. The minimum absolute atomic E-state index is 0.217. The first-order valence-corrected chi connectivity index (χ1v) is 6.41. The first kappa shape index (κ1) is 13.2. The van der Waals surface area contributed by atoms with Gasteiger partial charge in [0, 0.05) is 4.47 Å². The SMILES string of the molecule is CCOC(=O)C(N)Cc1cc2c(cc1Br)OCO2. The number of hydrogen-bond acceptors (Lipinski definition) is 5. The van der Waals surface area contributed by atoms with Gasteiger partial charge in [-0.15, -0.1) is 0 Å². The number of halogens is 1. The minimum atomic E-state index is -0.679. The fraction of sp³-hybridized carbons (Fsp3) is 0.417. The van der Waals surface area contributed by atoms with Gasteiger partial charge in [0.25, 0.3) is 0 Å². The van der Waals surface area contributed by atoms with Crippen molar-refractivity contribution >= 4 is 21.9 Å². The Hall–Kier alpha value is -1.27. The minimum Gasteiger partial charge on any atom is -0.465 e. The highest BCUT2D eigenvalue weighted by Gasteiger charge is 2.20. The average Bonchev–Trinajstić information content (AvgIpc) is 2.76. The van der Waals surface area contributed by atoms with Gasteiger partial charge < -0.3 is 19.9 Å². The second-order valence-electron chi connectivity index (χ2n) is 3.86. The fourth-order valence-corrected chi connectivity index (χ4v) is 2.17. The third-order valence-corrected chi connectivity index (χ3v) is 3.31. The molecule has 1 unspecified atom stereocenters. The van der Waals surface area contributed by atoms with Crippen molar-refractivity contribution in [2.75, 3.05) is 13.4 Å². The lowest BCUT2D eigenvalue weighted by atomic mass is 10.1. The van der Waals surface area contributed by atoms with Crippen molar-refractivity contribution in [2.45, 2.75) is 19.4 Å². The van der Waals surface area contributed by atoms with E-state index < -0.39 is 12.0 Å². The number of hydrogen-bond donors (Lipinski definition) is 1. The van der Waals surface area contributed by atoms with Crippen LogP contribution in [0.3, 0.4) is 0 Å². The van der Waals surface area contributed by atoms with Gasteiger partial charge in [-0.3, -0.25) is 4.79 Å². The molecule has 98 valence electrons. The lowest BCUT2D eigenvalue weighted by molar-refractivity contribution is -0.144. The number of rotatable bonds is 4. The van der Waals surface area contributed by atoms with Crippen molar-refractivity contribution < 1.29 is 19.0 Å². The van der Waals surface area contributed by atoms with Crippen LogP contribution in [0.15, 0.2) is 16.6 Å². The number of carbonyl (C=O) groups excluding carboxylic acids is 1. The van der Waals surface area contributed by atoms with Crippen LogP contribution in [0.2, 0.25) is 0 Å². The second-order valence-corrected chi connectivity index (χ2v) is 4.71. The average molecular weight is 316 g/mol. The molecule has 0 bridgehead atoms. The molecule has 0 aromatic heterocycles. The molecule has 5 nitrogen and oxygen atoms in total. The van der Waals surface area contributed by atoms with Crippen LogP contribution in [-0.4, -0.2) is 25.4 Å². The van der Waals surface area contributed by atoms with Crippen molar-refractivity contribution in [2.24, 2.45) is 5.73 Å². The van der Waals surface area contributed by atoms with E-state index in [1.165, 1.54) is 0 Å². The molecule has 0 radical (unpaired) electrons. The smallest absolute Gasteiger partial charge is 0.323 e. The molecule has 2 N–H and O–H groups in total. The summed E-state index contributed by atoms with van der Waals surface area (Å²) in [7, 11) is 0. The Kier molecular flexibility index (Phi) is 4.08. The molecule has 2 rings (SSSR count). The lowest BCUT2D eigenvalue weighted by Crippen LogP contribution is -2.34. The summed E-state index contributed by atoms with van der Waals surface area (Å²) in [5, 5.41) is 0. The Morgan fingerprint density at radius 2 is 2.17 bits per heavy atom. The van der Waals surface area contributed by atoms with Gasteiger partial charge >= 0.3 is 5.97 Å². The number of esters is 1. The molecule has 0 spiro atoms. The molecule has 0 amide bonds. The number of ether oxygens (including phenoxy) is 3. The molecule has 1 heterocycles. The van der Waals surface area contributed by atoms with Crippen molar-refractivity contribution in [3.63, 3.8) is 0 Å². The van der Waals surface area contributed by atoms with E-state index in [4.69, 9.17) is 19.9 Å². The van der Waals surface area contributed by atoms with E-state index >= 15 is 0 Å². The Balaban J connectivity index is 2.12. The van der Waals surface area contributed by atoms with Gasteiger partial charge in [0.1, 0.15) is 6.04 Å². The van der Waals surface area contributed by atoms with Crippen LogP contribution in [0.5, 0.6) is 11.5 Å². The van der Waals surface area contributed by atoms with Gasteiger partial charge in [0.15, 0.2) is 11.5 Å². The lowest BCUT2D eigenvalue weighted by Gasteiger charge is -2.12. The number of nitrogens with two attached hydrogens (primary N) is 1. The van der Waals surface area contributed by atoms with Crippen LogP contribution in [-0.2, 0) is 16.0 Å². The van der Waals surface area contributed by atoms with E-state index in [2.05, 4.69) is 15.9 Å². The number of carbonyl (C=O) groups is 1. The molecule has 1 atom stereocenters. The van der Waals surface area contributed by atoms with Gasteiger partial charge in [-0.1, -0.05) is 15.9 Å². The van der Waals surface area contributed by atoms with Crippen LogP contribution in [0.1, 0.15) is 12.5 Å². The maximum Gasteiger partial charge on any atom is 0.323 e. The molecule has 0 saturated heterocycles. The van der Waals surface area contributed by atoms with Gasteiger partial charge in [0.2, 0.25) is 6.79 Å². The standard InChI is InChI=1S/C12H14BrNO4/c1-2-16-12(15)9(14)3-7-4-10-11(5-8(7)13)18-6-17-10/h4-5,9H,2-3,6,14H2,1H3. The van der Waals surface area contributed by atoms with Crippen molar-refractivity contribution in [3.05, 3.63) is 22.2 Å². The highest BCUT2D eigenvalue weighted by Crippen LogP contribution is 2.37. The summed E-state index contributed by atoms with van der Waals surface area (Å²) in [6.07, 6.45) is 0.385. The van der Waals surface area contributed by atoms with Crippen LogP contribution >= 0.6 is 15.9 Å². The van der Waals surface area contributed by atoms with Crippen LogP contribution in [0.25, 0.3) is 0 Å². The first-order valence-electron chi connectivity index (χ1n) is 5.62. The summed E-state index contributed by atoms with van der Waals surface area (Å²) in [6.45, 7) is 2.30. The maximum absolute atomic E-state index is 11.5. The summed E-state index contributed by atoms with van der Waals surface area (Å²) in [5.41, 5.74) is 6.67.